The number of anilines is 1. The molecule has 0 radical (unpaired) electrons. The third-order valence-corrected chi connectivity index (χ3v) is 2.78. The van der Waals surface area contributed by atoms with Crippen molar-refractivity contribution in [3.05, 3.63) is 23.8 Å². The first-order valence-corrected chi connectivity index (χ1v) is 5.73. The van der Waals surface area contributed by atoms with E-state index in [1.165, 1.54) is 0 Å². The lowest BCUT2D eigenvalue weighted by Gasteiger charge is -2.20. The molecule has 5 N–H and O–H groups in total. The van der Waals surface area contributed by atoms with Crippen molar-refractivity contribution >= 4 is 11.6 Å². The average molecular weight is 235 g/mol. The Morgan fingerprint density at radius 1 is 1.47 bits per heavy atom. The highest BCUT2D eigenvalue weighted by atomic mass is 16.5. The zero-order valence-corrected chi connectivity index (χ0v) is 9.61. The van der Waals surface area contributed by atoms with Crippen molar-refractivity contribution in [1.29, 1.82) is 0 Å². The van der Waals surface area contributed by atoms with Gasteiger partial charge in [0, 0.05) is 6.04 Å². The zero-order valence-electron chi connectivity index (χ0n) is 9.61. The molecule has 1 amide bonds. The number of benzene rings is 1. The van der Waals surface area contributed by atoms with E-state index in [2.05, 4.69) is 5.32 Å². The lowest BCUT2D eigenvalue weighted by atomic mass is 10.0. The number of hydrogen-bond donors (Lipinski definition) is 3. The van der Waals surface area contributed by atoms with E-state index in [-0.39, 0.29) is 18.6 Å². The number of fused-ring (bicyclic) bond motifs is 1. The predicted molar refractivity (Wildman–Crippen MR) is 65.8 cm³/mol. The van der Waals surface area contributed by atoms with Crippen LogP contribution in [0.4, 0.5) is 5.69 Å². The van der Waals surface area contributed by atoms with Gasteiger partial charge in [-0.25, -0.2) is 0 Å². The van der Waals surface area contributed by atoms with Crippen molar-refractivity contribution in [2.75, 3.05) is 18.5 Å². The first kappa shape index (κ1) is 11.9. The minimum absolute atomic E-state index is 0.0531. The molecule has 0 aromatic heterocycles. The second-order valence-corrected chi connectivity index (χ2v) is 4.13. The van der Waals surface area contributed by atoms with E-state index >= 15 is 0 Å². The standard InChI is InChI=1S/C12H17N3O2/c13-5-1-2-9(14)8-3-4-11-10(6-8)15-12(16)7-17-11/h3-4,6,9H,1-2,5,7,13-14H2,(H,15,16). The quantitative estimate of drug-likeness (QED) is 0.718. The third kappa shape index (κ3) is 2.75. The van der Waals surface area contributed by atoms with Gasteiger partial charge in [-0.15, -0.1) is 0 Å². The normalized spacial score (nSPS) is 15.8. The van der Waals surface area contributed by atoms with Crippen LogP contribution in [0.5, 0.6) is 5.75 Å². The highest BCUT2D eigenvalue weighted by Gasteiger charge is 2.17. The number of amides is 1. The molecule has 0 saturated heterocycles. The topological polar surface area (TPSA) is 90.4 Å². The van der Waals surface area contributed by atoms with Crippen LogP contribution in [-0.4, -0.2) is 19.1 Å². The summed E-state index contributed by atoms with van der Waals surface area (Å²) in [7, 11) is 0. The maximum absolute atomic E-state index is 11.2. The van der Waals surface area contributed by atoms with E-state index in [1.807, 2.05) is 18.2 Å². The summed E-state index contributed by atoms with van der Waals surface area (Å²) in [5.74, 6) is 0.560. The van der Waals surface area contributed by atoms with Gasteiger partial charge in [-0.05, 0) is 37.1 Å². The zero-order chi connectivity index (χ0) is 12.3. The summed E-state index contributed by atoms with van der Waals surface area (Å²) < 4.78 is 5.28. The molecule has 0 saturated carbocycles. The fourth-order valence-electron chi connectivity index (χ4n) is 1.84. The van der Waals surface area contributed by atoms with Crippen LogP contribution in [0.1, 0.15) is 24.4 Å². The molecule has 17 heavy (non-hydrogen) atoms. The van der Waals surface area contributed by atoms with Gasteiger partial charge in [0.15, 0.2) is 6.61 Å². The molecule has 1 aromatic carbocycles. The Hall–Kier alpha value is -1.59. The largest absolute Gasteiger partial charge is 0.482 e. The highest BCUT2D eigenvalue weighted by molar-refractivity contribution is 5.95. The van der Waals surface area contributed by atoms with E-state index < -0.39 is 0 Å². The minimum atomic E-state index is -0.134. The van der Waals surface area contributed by atoms with E-state index in [9.17, 15) is 4.79 Å². The molecule has 1 aliphatic rings. The number of ether oxygens (including phenoxy) is 1. The number of hydrogen-bond acceptors (Lipinski definition) is 4. The van der Waals surface area contributed by atoms with E-state index in [1.54, 1.807) is 0 Å². The summed E-state index contributed by atoms with van der Waals surface area (Å²) >= 11 is 0. The monoisotopic (exact) mass is 235 g/mol. The van der Waals surface area contributed by atoms with Gasteiger partial charge in [0.25, 0.3) is 5.91 Å². The molecule has 1 aliphatic heterocycles. The van der Waals surface area contributed by atoms with E-state index in [4.69, 9.17) is 16.2 Å². The molecular weight excluding hydrogens is 218 g/mol. The van der Waals surface area contributed by atoms with Gasteiger partial charge in [-0.3, -0.25) is 4.79 Å². The summed E-state index contributed by atoms with van der Waals surface area (Å²) in [5.41, 5.74) is 13.2. The average Bonchev–Trinajstić information content (AvgIpc) is 2.35. The lowest BCUT2D eigenvalue weighted by molar-refractivity contribution is -0.118. The Labute approximate surface area is 100 Å². The van der Waals surface area contributed by atoms with E-state index in [0.717, 1.165) is 18.4 Å². The van der Waals surface area contributed by atoms with Gasteiger partial charge in [0.2, 0.25) is 0 Å². The van der Waals surface area contributed by atoms with Crippen molar-refractivity contribution in [2.24, 2.45) is 11.5 Å². The number of carbonyl (C=O) groups excluding carboxylic acids is 1. The summed E-state index contributed by atoms with van der Waals surface area (Å²) in [6.07, 6.45) is 1.73. The molecule has 0 aliphatic carbocycles. The number of nitrogens with two attached hydrogens (primary N) is 2. The molecule has 1 heterocycles. The SMILES string of the molecule is NCCCC(N)c1ccc2c(c1)NC(=O)CO2. The first-order valence-electron chi connectivity index (χ1n) is 5.73. The predicted octanol–water partition coefficient (Wildman–Crippen LogP) is 0.756. The fourth-order valence-corrected chi connectivity index (χ4v) is 1.84. The molecule has 0 bridgehead atoms. The van der Waals surface area contributed by atoms with Gasteiger partial charge in [-0.2, -0.15) is 0 Å². The van der Waals surface area contributed by atoms with Crippen molar-refractivity contribution in [2.45, 2.75) is 18.9 Å². The molecule has 0 spiro atoms. The van der Waals surface area contributed by atoms with Crippen LogP contribution >= 0.6 is 0 Å². The van der Waals surface area contributed by atoms with Crippen LogP contribution in [-0.2, 0) is 4.79 Å². The van der Waals surface area contributed by atoms with Crippen LogP contribution in [0.15, 0.2) is 18.2 Å². The van der Waals surface area contributed by atoms with E-state index in [0.29, 0.717) is 18.0 Å². The maximum Gasteiger partial charge on any atom is 0.262 e. The van der Waals surface area contributed by atoms with Gasteiger partial charge in [0.1, 0.15) is 5.75 Å². The van der Waals surface area contributed by atoms with Crippen LogP contribution < -0.4 is 21.5 Å². The van der Waals surface area contributed by atoms with Crippen LogP contribution in [0.2, 0.25) is 0 Å². The molecule has 2 rings (SSSR count). The van der Waals surface area contributed by atoms with Gasteiger partial charge in [-0.1, -0.05) is 6.07 Å². The summed E-state index contributed by atoms with van der Waals surface area (Å²) in [4.78, 5) is 11.2. The van der Waals surface area contributed by atoms with Gasteiger partial charge < -0.3 is 21.5 Å². The Balaban J connectivity index is 2.14. The van der Waals surface area contributed by atoms with Crippen molar-refractivity contribution in [1.82, 2.24) is 0 Å². The number of rotatable bonds is 4. The smallest absolute Gasteiger partial charge is 0.262 e. The second-order valence-electron chi connectivity index (χ2n) is 4.13. The van der Waals surface area contributed by atoms with Crippen LogP contribution in [0.3, 0.4) is 0 Å². The lowest BCUT2D eigenvalue weighted by Crippen LogP contribution is -2.25. The summed E-state index contributed by atoms with van der Waals surface area (Å²) in [6, 6.07) is 5.58. The van der Waals surface area contributed by atoms with Crippen molar-refractivity contribution in [3.63, 3.8) is 0 Å². The summed E-state index contributed by atoms with van der Waals surface area (Å²) in [5, 5.41) is 2.77. The Morgan fingerprint density at radius 2 is 2.29 bits per heavy atom. The van der Waals surface area contributed by atoms with Crippen molar-refractivity contribution < 1.29 is 9.53 Å². The van der Waals surface area contributed by atoms with Crippen LogP contribution in [0.25, 0.3) is 0 Å². The number of carbonyl (C=O) groups is 1. The maximum atomic E-state index is 11.2. The molecule has 1 atom stereocenters. The van der Waals surface area contributed by atoms with Gasteiger partial charge >= 0.3 is 0 Å². The van der Waals surface area contributed by atoms with Crippen LogP contribution in [0, 0.1) is 0 Å². The highest BCUT2D eigenvalue weighted by Crippen LogP contribution is 2.30. The third-order valence-electron chi connectivity index (χ3n) is 2.78. The second kappa shape index (κ2) is 5.16. The Kier molecular flexibility index (Phi) is 3.61. The Bertz CT molecular complexity index is 420. The molecule has 5 nitrogen and oxygen atoms in total. The fraction of sp³-hybridized carbons (Fsp3) is 0.417. The van der Waals surface area contributed by atoms with Crippen molar-refractivity contribution in [3.8, 4) is 5.75 Å². The number of nitrogens with one attached hydrogen (secondary N) is 1. The molecule has 0 fully saturated rings. The molecule has 92 valence electrons. The Morgan fingerprint density at radius 3 is 3.06 bits per heavy atom. The molecular formula is C12H17N3O2. The van der Waals surface area contributed by atoms with Gasteiger partial charge in [0.05, 0.1) is 5.69 Å². The first-order chi connectivity index (χ1) is 8.20. The molecule has 1 unspecified atom stereocenters. The minimum Gasteiger partial charge on any atom is -0.482 e. The molecule has 1 aromatic rings. The summed E-state index contributed by atoms with van der Waals surface area (Å²) in [6.45, 7) is 0.712. The molecule has 5 heteroatoms.